The number of hydrazine groups is 1. The molecule has 0 fully saturated rings. The highest BCUT2D eigenvalue weighted by Gasteiger charge is 2.21. The normalized spacial score (nSPS) is 19.2. The lowest BCUT2D eigenvalue weighted by molar-refractivity contribution is 0.0787. The maximum atomic E-state index is 15.1. The Morgan fingerprint density at radius 3 is 2.74 bits per heavy atom. The first-order valence-electron chi connectivity index (χ1n) is 11.7. The number of nitrogens with one attached hydrogen (secondary N) is 2. The summed E-state index contributed by atoms with van der Waals surface area (Å²) in [5.74, 6) is -0.870. The van der Waals surface area contributed by atoms with Crippen LogP contribution in [0.1, 0.15) is 29.3 Å². The zero-order chi connectivity index (χ0) is 24.5. The molecule has 4 heterocycles. The number of allylic oxidation sites excluding steroid dienone is 2. The summed E-state index contributed by atoms with van der Waals surface area (Å²) in [6, 6.07) is 9.12. The van der Waals surface area contributed by atoms with Gasteiger partial charge in [-0.25, -0.2) is 14.8 Å². The molecular formula is C27H29FN6O. The molecule has 8 heteroatoms. The molecule has 2 unspecified atom stereocenters. The van der Waals surface area contributed by atoms with Gasteiger partial charge >= 0.3 is 0 Å². The molecule has 35 heavy (non-hydrogen) atoms. The number of halogens is 1. The summed E-state index contributed by atoms with van der Waals surface area (Å²) in [5.41, 5.74) is 7.84. The van der Waals surface area contributed by atoms with Crippen LogP contribution in [-0.4, -0.2) is 57.9 Å². The van der Waals surface area contributed by atoms with Crippen LogP contribution < -0.4 is 10.7 Å². The lowest BCUT2D eigenvalue weighted by atomic mass is 10.0. The molecule has 2 aliphatic rings. The molecule has 7 nitrogen and oxygen atoms in total. The third-order valence-corrected chi connectivity index (χ3v) is 6.51. The van der Waals surface area contributed by atoms with Crippen molar-refractivity contribution in [3.05, 3.63) is 90.3 Å². The number of pyridine rings is 1. The summed E-state index contributed by atoms with van der Waals surface area (Å²) >= 11 is 0. The first-order chi connectivity index (χ1) is 16.9. The second kappa shape index (κ2) is 9.38. The van der Waals surface area contributed by atoms with E-state index in [1.54, 1.807) is 30.3 Å². The van der Waals surface area contributed by atoms with Gasteiger partial charge in [0.1, 0.15) is 11.5 Å². The summed E-state index contributed by atoms with van der Waals surface area (Å²) in [5, 5.41) is 5.18. The molecule has 3 aromatic rings. The van der Waals surface area contributed by atoms with E-state index < -0.39 is 5.82 Å². The number of dihydropyridines is 1. The number of imidazole rings is 1. The molecule has 0 spiro atoms. The molecule has 0 saturated heterocycles. The molecule has 180 valence electrons. The number of fused-ring (bicyclic) bond motifs is 1. The number of aromatic nitrogens is 2. The first kappa shape index (κ1) is 22.9. The maximum absolute atomic E-state index is 15.1. The second-order valence-electron chi connectivity index (χ2n) is 9.06. The predicted molar refractivity (Wildman–Crippen MR) is 136 cm³/mol. The van der Waals surface area contributed by atoms with Crippen molar-refractivity contribution in [2.45, 2.75) is 25.4 Å². The van der Waals surface area contributed by atoms with Crippen molar-refractivity contribution in [3.8, 4) is 11.3 Å². The number of rotatable bonds is 6. The Morgan fingerprint density at radius 2 is 2.03 bits per heavy atom. The van der Waals surface area contributed by atoms with Gasteiger partial charge in [0.05, 0.1) is 23.5 Å². The Bertz CT molecular complexity index is 1360. The van der Waals surface area contributed by atoms with Gasteiger partial charge in [-0.2, -0.15) is 0 Å². The Hall–Kier alpha value is -3.91. The number of hydrogen-bond acceptors (Lipinski definition) is 5. The molecule has 1 amide bonds. The van der Waals surface area contributed by atoms with Crippen LogP contribution in [0.2, 0.25) is 0 Å². The van der Waals surface area contributed by atoms with Crippen LogP contribution >= 0.6 is 0 Å². The van der Waals surface area contributed by atoms with Gasteiger partial charge in [0, 0.05) is 44.6 Å². The van der Waals surface area contributed by atoms with E-state index in [-0.39, 0.29) is 23.6 Å². The summed E-state index contributed by atoms with van der Waals surface area (Å²) in [7, 11) is 3.67. The van der Waals surface area contributed by atoms with E-state index in [4.69, 9.17) is 0 Å². The number of hydrogen-bond donors (Lipinski definition) is 2. The largest absolute Gasteiger partial charge is 0.385 e. The van der Waals surface area contributed by atoms with E-state index in [0.29, 0.717) is 12.1 Å². The van der Waals surface area contributed by atoms with Gasteiger partial charge in [-0.1, -0.05) is 18.2 Å². The van der Waals surface area contributed by atoms with Crippen LogP contribution in [0.4, 0.5) is 4.39 Å². The summed E-state index contributed by atoms with van der Waals surface area (Å²) in [6.07, 6.45) is 14.4. The number of benzene rings is 1. The number of carbonyl (C=O) groups excluding carboxylic acids is 1. The third-order valence-electron chi connectivity index (χ3n) is 6.51. The van der Waals surface area contributed by atoms with Crippen molar-refractivity contribution in [2.24, 2.45) is 0 Å². The molecule has 1 aromatic carbocycles. The molecule has 0 radical (unpaired) electrons. The number of amides is 1. The highest BCUT2D eigenvalue weighted by atomic mass is 19.1. The van der Waals surface area contributed by atoms with Crippen LogP contribution in [-0.2, 0) is 0 Å². The molecular weight excluding hydrogens is 443 g/mol. The van der Waals surface area contributed by atoms with Gasteiger partial charge in [-0.3, -0.25) is 9.20 Å². The van der Waals surface area contributed by atoms with Gasteiger partial charge in [-0.15, -0.1) is 0 Å². The zero-order valence-corrected chi connectivity index (χ0v) is 20.1. The Balaban J connectivity index is 1.37. The van der Waals surface area contributed by atoms with E-state index >= 15 is 4.39 Å². The van der Waals surface area contributed by atoms with Crippen LogP contribution in [0, 0.1) is 5.82 Å². The van der Waals surface area contributed by atoms with Gasteiger partial charge in [0.25, 0.3) is 5.91 Å². The summed E-state index contributed by atoms with van der Waals surface area (Å²) < 4.78 is 17.1. The minimum Gasteiger partial charge on any atom is -0.385 e. The summed E-state index contributed by atoms with van der Waals surface area (Å²) in [6.45, 7) is 2.63. The Kier molecular flexibility index (Phi) is 6.13. The number of nitrogens with zero attached hydrogens (tertiary/aromatic N) is 4. The van der Waals surface area contributed by atoms with Crippen LogP contribution in [0.15, 0.2) is 73.4 Å². The molecule has 2 aliphatic heterocycles. The van der Waals surface area contributed by atoms with Crippen molar-refractivity contribution >= 4 is 17.1 Å². The smallest absolute Gasteiger partial charge is 0.256 e. The molecule has 0 saturated carbocycles. The summed E-state index contributed by atoms with van der Waals surface area (Å²) in [4.78, 5) is 18.9. The van der Waals surface area contributed by atoms with E-state index in [0.717, 1.165) is 23.3 Å². The fourth-order valence-electron chi connectivity index (χ4n) is 4.58. The molecule has 0 aliphatic carbocycles. The average Bonchev–Trinajstić information content (AvgIpc) is 3.44. The predicted octanol–water partition coefficient (Wildman–Crippen LogP) is 3.82. The lowest BCUT2D eigenvalue weighted by Crippen LogP contribution is -2.33. The average molecular weight is 473 g/mol. The van der Waals surface area contributed by atoms with Gasteiger partial charge in [-0.05, 0) is 61.0 Å². The van der Waals surface area contributed by atoms with Crippen LogP contribution in [0.5, 0.6) is 0 Å². The van der Waals surface area contributed by atoms with Crippen molar-refractivity contribution in [1.82, 2.24) is 30.0 Å². The minimum atomic E-state index is -0.540. The van der Waals surface area contributed by atoms with E-state index in [1.165, 1.54) is 11.6 Å². The van der Waals surface area contributed by atoms with Crippen LogP contribution in [0.3, 0.4) is 0 Å². The van der Waals surface area contributed by atoms with Gasteiger partial charge in [0.2, 0.25) is 0 Å². The molecule has 2 atom stereocenters. The van der Waals surface area contributed by atoms with Crippen molar-refractivity contribution in [3.63, 3.8) is 0 Å². The SMILES string of the molecule is CC1NN(C)C=C1c1ccc2ncc(-c3ccc(C(=O)N(C)CCC4C=CC=CN4)c(F)c3)n2c1. The standard InChI is InChI=1S/C27H29FN6O/c1-18-23(17-33(3)31-18)20-8-10-26-30-15-25(34(26)16-20)19-7-9-22(24(28)14-19)27(35)32(2)13-11-21-6-4-5-12-29-21/h4-10,12,14-18,21,29,31H,11,13H2,1-3H3. The molecule has 5 rings (SSSR count). The highest BCUT2D eigenvalue weighted by molar-refractivity contribution is 5.94. The fraction of sp³-hybridized carbons (Fsp3) is 0.259. The number of carbonyl (C=O) groups is 1. The van der Waals surface area contributed by atoms with Crippen molar-refractivity contribution in [2.75, 3.05) is 20.6 Å². The Labute approximate surface area is 204 Å². The van der Waals surface area contributed by atoms with E-state index in [1.807, 2.05) is 59.2 Å². The topological polar surface area (TPSA) is 64.9 Å². The fourth-order valence-corrected chi connectivity index (χ4v) is 4.58. The molecule has 0 bridgehead atoms. The van der Waals surface area contributed by atoms with Crippen molar-refractivity contribution in [1.29, 1.82) is 0 Å². The Morgan fingerprint density at radius 1 is 1.20 bits per heavy atom. The quantitative estimate of drug-likeness (QED) is 0.571. The second-order valence-corrected chi connectivity index (χ2v) is 9.06. The lowest BCUT2D eigenvalue weighted by Gasteiger charge is -2.21. The first-order valence-corrected chi connectivity index (χ1v) is 11.7. The van der Waals surface area contributed by atoms with E-state index in [9.17, 15) is 4.79 Å². The maximum Gasteiger partial charge on any atom is 0.256 e. The molecule has 2 N–H and O–H groups in total. The van der Waals surface area contributed by atoms with Gasteiger partial charge < -0.3 is 15.2 Å². The monoisotopic (exact) mass is 472 g/mol. The zero-order valence-electron chi connectivity index (χ0n) is 20.1. The third kappa shape index (κ3) is 4.57. The molecule has 2 aromatic heterocycles. The van der Waals surface area contributed by atoms with E-state index in [2.05, 4.69) is 28.9 Å². The van der Waals surface area contributed by atoms with Gasteiger partial charge in [0.15, 0.2) is 0 Å². The minimum absolute atomic E-state index is 0.0665. The highest BCUT2D eigenvalue weighted by Crippen LogP contribution is 2.28. The van der Waals surface area contributed by atoms with Crippen LogP contribution in [0.25, 0.3) is 22.5 Å². The van der Waals surface area contributed by atoms with Crippen molar-refractivity contribution < 1.29 is 9.18 Å².